The van der Waals surface area contributed by atoms with Crippen LogP contribution in [0.1, 0.15) is 18.1 Å². The number of rotatable bonds is 6. The monoisotopic (exact) mass is 452 g/mol. The van der Waals surface area contributed by atoms with Gasteiger partial charge < -0.3 is 4.90 Å². The maximum atomic E-state index is 13.9. The molecular weight excluding hydrogens is 436 g/mol. The molecule has 0 saturated heterocycles. The van der Waals surface area contributed by atoms with Crippen molar-refractivity contribution in [1.82, 2.24) is 9.62 Å². The van der Waals surface area contributed by atoms with E-state index in [0.29, 0.717) is 6.07 Å². The highest BCUT2D eigenvalue weighted by Crippen LogP contribution is 2.34. The lowest BCUT2D eigenvalue weighted by Crippen LogP contribution is -2.45. The highest BCUT2D eigenvalue weighted by atomic mass is 35.5. The minimum atomic E-state index is -4.89. The molecule has 0 spiro atoms. The molecule has 0 fully saturated rings. The quantitative estimate of drug-likeness (QED) is 0.677. The van der Waals surface area contributed by atoms with Crippen LogP contribution in [0, 0.1) is 5.82 Å². The minimum Gasteiger partial charge on any atom is -0.340 e. The highest BCUT2D eigenvalue weighted by Gasteiger charge is 2.37. The fourth-order valence-electron chi connectivity index (χ4n) is 2.61. The molecule has 0 aliphatic heterocycles. The molecule has 0 saturated carbocycles. The van der Waals surface area contributed by atoms with Crippen LogP contribution in [0.25, 0.3) is 0 Å². The largest absolute Gasteiger partial charge is 0.417 e. The summed E-state index contributed by atoms with van der Waals surface area (Å²) in [5, 5.41) is 0.0805. The Morgan fingerprint density at radius 3 is 2.38 bits per heavy atom. The predicted molar refractivity (Wildman–Crippen MR) is 99.1 cm³/mol. The van der Waals surface area contributed by atoms with Crippen molar-refractivity contribution in [2.45, 2.75) is 30.6 Å². The minimum absolute atomic E-state index is 0.0301. The summed E-state index contributed by atoms with van der Waals surface area (Å²) >= 11 is 5.91. The fourth-order valence-corrected chi connectivity index (χ4v) is 4.26. The number of amides is 1. The van der Waals surface area contributed by atoms with Crippen LogP contribution in [-0.4, -0.2) is 32.3 Å². The van der Waals surface area contributed by atoms with Gasteiger partial charge in [0.15, 0.2) is 0 Å². The topological polar surface area (TPSA) is 66.5 Å². The molecule has 158 valence electrons. The smallest absolute Gasteiger partial charge is 0.340 e. The summed E-state index contributed by atoms with van der Waals surface area (Å²) in [6.45, 7) is 0.922. The summed E-state index contributed by atoms with van der Waals surface area (Å²) in [7, 11) is -3.37. The Morgan fingerprint density at radius 1 is 1.17 bits per heavy atom. The second kappa shape index (κ2) is 8.68. The first-order valence-corrected chi connectivity index (χ1v) is 10.1. The van der Waals surface area contributed by atoms with E-state index in [0.717, 1.165) is 29.2 Å². The Kier molecular flexibility index (Phi) is 6.92. The van der Waals surface area contributed by atoms with E-state index in [1.54, 1.807) is 0 Å². The molecule has 1 amide bonds. The highest BCUT2D eigenvalue weighted by molar-refractivity contribution is 7.89. The van der Waals surface area contributed by atoms with Crippen LogP contribution >= 0.6 is 11.6 Å². The van der Waals surface area contributed by atoms with Gasteiger partial charge in [-0.2, -0.15) is 17.9 Å². The summed E-state index contributed by atoms with van der Waals surface area (Å²) in [4.78, 5) is 12.5. The maximum absolute atomic E-state index is 13.9. The molecule has 0 radical (unpaired) electrons. The molecule has 0 aliphatic carbocycles. The van der Waals surface area contributed by atoms with Gasteiger partial charge in [-0.25, -0.2) is 12.8 Å². The van der Waals surface area contributed by atoms with Gasteiger partial charge in [-0.3, -0.25) is 4.79 Å². The van der Waals surface area contributed by atoms with E-state index in [1.165, 1.54) is 26.1 Å². The zero-order valence-electron chi connectivity index (χ0n) is 15.3. The molecule has 1 N–H and O–H groups in total. The van der Waals surface area contributed by atoms with Gasteiger partial charge in [0.05, 0.1) is 16.5 Å². The summed E-state index contributed by atoms with van der Waals surface area (Å²) in [6, 6.07) is 6.19. The number of hydrogen-bond donors (Lipinski definition) is 1. The van der Waals surface area contributed by atoms with Crippen LogP contribution < -0.4 is 4.72 Å². The zero-order valence-corrected chi connectivity index (χ0v) is 16.9. The summed E-state index contributed by atoms with van der Waals surface area (Å²) in [5.41, 5.74) is -1.32. The lowest BCUT2D eigenvalue weighted by Gasteiger charge is -2.23. The molecule has 29 heavy (non-hydrogen) atoms. The van der Waals surface area contributed by atoms with Crippen molar-refractivity contribution in [3.63, 3.8) is 0 Å². The molecule has 5 nitrogen and oxygen atoms in total. The molecule has 0 aromatic heterocycles. The first kappa shape index (κ1) is 23.1. The average Bonchev–Trinajstić information content (AvgIpc) is 2.63. The molecule has 2 aromatic carbocycles. The van der Waals surface area contributed by atoms with E-state index in [4.69, 9.17) is 11.6 Å². The Bertz CT molecular complexity index is 992. The first-order valence-electron chi connectivity index (χ1n) is 8.21. The lowest BCUT2D eigenvalue weighted by molar-refractivity contribution is -0.139. The fraction of sp³-hybridized carbons (Fsp3) is 0.278. The summed E-state index contributed by atoms with van der Waals surface area (Å²) in [6.07, 6.45) is -4.89. The molecule has 0 heterocycles. The van der Waals surface area contributed by atoms with Crippen molar-refractivity contribution < 1.29 is 30.8 Å². The van der Waals surface area contributed by atoms with Crippen LogP contribution in [0.3, 0.4) is 0 Å². The third-order valence-corrected chi connectivity index (χ3v) is 5.97. The first-order chi connectivity index (χ1) is 13.3. The van der Waals surface area contributed by atoms with Crippen molar-refractivity contribution in [1.29, 1.82) is 0 Å². The standard InChI is InChI=1S/C18H17ClF4N2O3S/c1-11(17(26)25(2)10-12-14(19)7-5-8-15(12)20)24-29(27,28)16-9-4-3-6-13(16)18(21,22)23/h3-9,11,24H,10H2,1-2H3/t11-/m0/s1. The van der Waals surface area contributed by atoms with Gasteiger partial charge in [-0.1, -0.05) is 29.8 Å². The number of hydrogen-bond acceptors (Lipinski definition) is 3. The number of sulfonamides is 1. The Labute approximate surface area is 170 Å². The van der Waals surface area contributed by atoms with Gasteiger partial charge in [0.1, 0.15) is 5.82 Å². The van der Waals surface area contributed by atoms with E-state index in [2.05, 4.69) is 0 Å². The van der Waals surface area contributed by atoms with Gasteiger partial charge in [0.2, 0.25) is 15.9 Å². The number of benzene rings is 2. The van der Waals surface area contributed by atoms with Gasteiger partial charge in [0.25, 0.3) is 0 Å². The molecule has 0 unspecified atom stereocenters. The van der Waals surface area contributed by atoms with Crippen molar-refractivity contribution in [3.05, 3.63) is 64.4 Å². The Hall–Kier alpha value is -2.17. The van der Waals surface area contributed by atoms with Crippen molar-refractivity contribution in [2.24, 2.45) is 0 Å². The van der Waals surface area contributed by atoms with Crippen molar-refractivity contribution >= 4 is 27.5 Å². The number of carbonyl (C=O) groups is 1. The van der Waals surface area contributed by atoms with E-state index in [-0.39, 0.29) is 17.1 Å². The van der Waals surface area contributed by atoms with Gasteiger partial charge in [0, 0.05) is 24.2 Å². The predicted octanol–water partition coefficient (Wildman–Crippen LogP) is 3.82. The molecule has 11 heteroatoms. The molecule has 0 bridgehead atoms. The number of carbonyl (C=O) groups excluding carboxylic acids is 1. The van der Waals surface area contributed by atoms with E-state index < -0.39 is 44.4 Å². The van der Waals surface area contributed by atoms with Crippen LogP contribution in [-0.2, 0) is 27.5 Å². The molecular formula is C18H17ClF4N2O3S. The third kappa shape index (κ3) is 5.46. The summed E-state index contributed by atoms with van der Waals surface area (Å²) < 4.78 is 80.0. The zero-order chi connectivity index (χ0) is 22.0. The number of nitrogens with one attached hydrogen (secondary N) is 1. The molecule has 0 aliphatic rings. The molecule has 2 aromatic rings. The van der Waals surface area contributed by atoms with Crippen LogP contribution in [0.2, 0.25) is 5.02 Å². The lowest BCUT2D eigenvalue weighted by atomic mass is 10.2. The number of nitrogens with zero attached hydrogens (tertiary/aromatic N) is 1. The second-order valence-electron chi connectivity index (χ2n) is 6.23. The van der Waals surface area contributed by atoms with Crippen LogP contribution in [0.15, 0.2) is 47.4 Å². The normalized spacial score (nSPS) is 13.2. The Balaban J connectivity index is 2.21. The average molecular weight is 453 g/mol. The van der Waals surface area contributed by atoms with Gasteiger partial charge >= 0.3 is 6.18 Å². The third-order valence-electron chi connectivity index (χ3n) is 4.02. The van der Waals surface area contributed by atoms with Crippen molar-refractivity contribution in [2.75, 3.05) is 7.05 Å². The van der Waals surface area contributed by atoms with Crippen LogP contribution in [0.5, 0.6) is 0 Å². The van der Waals surface area contributed by atoms with E-state index >= 15 is 0 Å². The van der Waals surface area contributed by atoms with Crippen LogP contribution in [0.4, 0.5) is 17.6 Å². The van der Waals surface area contributed by atoms with E-state index in [9.17, 15) is 30.8 Å². The van der Waals surface area contributed by atoms with Crippen molar-refractivity contribution in [3.8, 4) is 0 Å². The van der Waals surface area contributed by atoms with Gasteiger partial charge in [-0.05, 0) is 31.2 Å². The number of alkyl halides is 3. The summed E-state index contributed by atoms with van der Waals surface area (Å²) in [5.74, 6) is -1.43. The molecule has 1 atom stereocenters. The number of likely N-dealkylation sites (N-methyl/N-ethyl adjacent to an activating group) is 1. The van der Waals surface area contributed by atoms with E-state index in [1.807, 2.05) is 4.72 Å². The van der Waals surface area contributed by atoms with Gasteiger partial charge in [-0.15, -0.1) is 0 Å². The number of halogens is 5. The SMILES string of the molecule is C[C@H](NS(=O)(=O)c1ccccc1C(F)(F)F)C(=O)N(C)Cc1c(F)cccc1Cl. The Morgan fingerprint density at radius 2 is 1.79 bits per heavy atom. The second-order valence-corrected chi connectivity index (χ2v) is 8.32. The maximum Gasteiger partial charge on any atom is 0.417 e. The molecule has 2 rings (SSSR count).